The molecule has 0 bridgehead atoms. The van der Waals surface area contributed by atoms with Crippen molar-refractivity contribution in [3.63, 3.8) is 0 Å². The highest BCUT2D eigenvalue weighted by atomic mass is 16.5. The Kier molecular flexibility index (Phi) is 8.27. The van der Waals surface area contributed by atoms with Gasteiger partial charge >= 0.3 is 5.97 Å². The first-order valence-electron chi connectivity index (χ1n) is 11.4. The fourth-order valence-corrected chi connectivity index (χ4v) is 4.37. The number of nitrogens with zero attached hydrogens (tertiary/aromatic N) is 1. The molecule has 6 nitrogen and oxygen atoms in total. The van der Waals surface area contributed by atoms with Crippen LogP contribution in [0.2, 0.25) is 0 Å². The summed E-state index contributed by atoms with van der Waals surface area (Å²) in [6.07, 6.45) is 5.61. The predicted molar refractivity (Wildman–Crippen MR) is 121 cm³/mol. The number of benzene rings is 1. The monoisotopic (exact) mass is 428 g/mol. The smallest absolute Gasteiger partial charge is 0.320 e. The summed E-state index contributed by atoms with van der Waals surface area (Å²) in [7, 11) is 0. The van der Waals surface area contributed by atoms with Crippen LogP contribution in [0, 0.1) is 25.7 Å². The molecule has 3 rings (SSSR count). The summed E-state index contributed by atoms with van der Waals surface area (Å²) in [5, 5.41) is 12.5. The number of aromatic nitrogens is 1. The van der Waals surface area contributed by atoms with Crippen molar-refractivity contribution in [2.75, 3.05) is 6.54 Å². The fourth-order valence-electron chi connectivity index (χ4n) is 4.37. The third kappa shape index (κ3) is 6.65. The zero-order valence-electron chi connectivity index (χ0n) is 19.2. The summed E-state index contributed by atoms with van der Waals surface area (Å²) in [4.78, 5) is 16.0. The summed E-state index contributed by atoms with van der Waals surface area (Å²) in [6, 6.07) is 7.68. The highest BCUT2D eigenvalue weighted by molar-refractivity contribution is 5.73. The normalized spacial score (nSPS) is 20.2. The maximum absolute atomic E-state index is 11.3. The third-order valence-corrected chi connectivity index (χ3v) is 6.20. The van der Waals surface area contributed by atoms with Gasteiger partial charge in [0.2, 0.25) is 5.89 Å². The van der Waals surface area contributed by atoms with E-state index in [1.807, 2.05) is 32.9 Å². The second kappa shape index (κ2) is 10.9. The van der Waals surface area contributed by atoms with Gasteiger partial charge in [0.05, 0.1) is 12.7 Å². The Morgan fingerprint density at radius 1 is 1.32 bits per heavy atom. The number of oxazole rings is 1. The number of carbonyl (C=O) groups is 1. The molecule has 2 aromatic rings. The first-order valence-corrected chi connectivity index (χ1v) is 11.4. The molecule has 1 saturated carbocycles. The van der Waals surface area contributed by atoms with E-state index in [2.05, 4.69) is 29.4 Å². The molecule has 6 heteroatoms. The quantitative estimate of drug-likeness (QED) is 0.546. The summed E-state index contributed by atoms with van der Waals surface area (Å²) in [5.41, 5.74) is 3.03. The van der Waals surface area contributed by atoms with E-state index in [0.717, 1.165) is 49.2 Å². The van der Waals surface area contributed by atoms with Crippen LogP contribution < -0.4 is 5.32 Å². The Balaban J connectivity index is 1.48. The Hall–Kier alpha value is -2.18. The van der Waals surface area contributed by atoms with Gasteiger partial charge in [0.15, 0.2) is 0 Å². The molecular weight excluding hydrogens is 392 g/mol. The number of aryl methyl sites for hydroxylation is 2. The van der Waals surface area contributed by atoms with E-state index in [1.54, 1.807) is 0 Å². The molecule has 0 amide bonds. The first-order chi connectivity index (χ1) is 14.8. The molecule has 0 radical (unpaired) electrons. The van der Waals surface area contributed by atoms with E-state index >= 15 is 0 Å². The van der Waals surface area contributed by atoms with Crippen LogP contribution in [0.25, 0.3) is 11.5 Å². The Labute approximate surface area is 185 Å². The summed E-state index contributed by atoms with van der Waals surface area (Å²) in [6.45, 7) is 9.07. The number of carboxylic acids is 1. The van der Waals surface area contributed by atoms with Crippen molar-refractivity contribution in [2.24, 2.45) is 11.8 Å². The molecular formula is C25H36N2O4. The van der Waals surface area contributed by atoms with Crippen LogP contribution in [0.1, 0.15) is 63.0 Å². The zero-order valence-corrected chi connectivity index (χ0v) is 19.2. The Bertz CT molecular complexity index is 861. The average molecular weight is 429 g/mol. The van der Waals surface area contributed by atoms with Crippen molar-refractivity contribution in [3.8, 4) is 11.5 Å². The van der Waals surface area contributed by atoms with Crippen LogP contribution in [-0.4, -0.2) is 34.8 Å². The lowest BCUT2D eigenvalue weighted by Gasteiger charge is -2.29. The third-order valence-electron chi connectivity index (χ3n) is 6.20. The second-order valence-electron chi connectivity index (χ2n) is 9.16. The molecule has 3 atom stereocenters. The number of hydrogen-bond donors (Lipinski definition) is 2. The Morgan fingerprint density at radius 2 is 2.13 bits per heavy atom. The molecule has 0 saturated heterocycles. The lowest BCUT2D eigenvalue weighted by atomic mass is 9.85. The van der Waals surface area contributed by atoms with E-state index < -0.39 is 12.0 Å². The molecule has 170 valence electrons. The van der Waals surface area contributed by atoms with E-state index in [4.69, 9.17) is 9.15 Å². The second-order valence-corrected chi connectivity index (χ2v) is 9.16. The molecule has 31 heavy (non-hydrogen) atoms. The van der Waals surface area contributed by atoms with Crippen LogP contribution >= 0.6 is 0 Å². The van der Waals surface area contributed by atoms with Crippen molar-refractivity contribution < 1.29 is 19.1 Å². The largest absolute Gasteiger partial charge is 0.480 e. The molecule has 1 aromatic carbocycles. The van der Waals surface area contributed by atoms with Gasteiger partial charge in [0.25, 0.3) is 0 Å². The summed E-state index contributed by atoms with van der Waals surface area (Å²) in [5.74, 6) is 1.32. The van der Waals surface area contributed by atoms with Crippen molar-refractivity contribution in [1.82, 2.24) is 10.3 Å². The van der Waals surface area contributed by atoms with E-state index in [0.29, 0.717) is 18.4 Å². The highest BCUT2D eigenvalue weighted by Crippen LogP contribution is 2.30. The first kappa shape index (κ1) is 23.5. The van der Waals surface area contributed by atoms with Crippen LogP contribution in [0.3, 0.4) is 0 Å². The van der Waals surface area contributed by atoms with Gasteiger partial charge in [-0.05, 0) is 63.6 Å². The van der Waals surface area contributed by atoms with Gasteiger partial charge in [-0.25, -0.2) is 4.98 Å². The van der Waals surface area contributed by atoms with E-state index in [9.17, 15) is 9.90 Å². The number of aliphatic carboxylic acids is 1. The van der Waals surface area contributed by atoms with E-state index in [-0.39, 0.29) is 12.0 Å². The zero-order chi connectivity index (χ0) is 22.4. The van der Waals surface area contributed by atoms with Gasteiger partial charge in [-0.2, -0.15) is 0 Å². The van der Waals surface area contributed by atoms with Crippen LogP contribution in [-0.2, 0) is 16.1 Å². The lowest BCUT2D eigenvalue weighted by Crippen LogP contribution is -2.42. The van der Waals surface area contributed by atoms with Gasteiger partial charge in [-0.1, -0.05) is 44.4 Å². The molecule has 0 aliphatic heterocycles. The topological polar surface area (TPSA) is 84.6 Å². The maximum Gasteiger partial charge on any atom is 0.320 e. The molecule has 1 aliphatic rings. The fraction of sp³-hybridized carbons (Fsp3) is 0.600. The SMILES string of the molecule is Cc1cccc(-c2nc(COC3CCCC(CCNC(C(=O)O)C(C)C)C3)c(C)o2)c1. The minimum atomic E-state index is -0.770. The van der Waals surface area contributed by atoms with Crippen LogP contribution in [0.4, 0.5) is 0 Å². The minimum Gasteiger partial charge on any atom is -0.480 e. The average Bonchev–Trinajstić information content (AvgIpc) is 3.10. The number of rotatable bonds is 10. The molecule has 0 spiro atoms. The molecule has 1 aromatic heterocycles. The molecule has 1 heterocycles. The van der Waals surface area contributed by atoms with Gasteiger partial charge in [0, 0.05) is 5.56 Å². The van der Waals surface area contributed by atoms with Crippen molar-refractivity contribution in [3.05, 3.63) is 41.3 Å². The van der Waals surface area contributed by atoms with Crippen molar-refractivity contribution in [1.29, 1.82) is 0 Å². The number of ether oxygens (including phenoxy) is 1. The molecule has 2 N–H and O–H groups in total. The predicted octanol–water partition coefficient (Wildman–Crippen LogP) is 5.12. The minimum absolute atomic E-state index is 0.0790. The summed E-state index contributed by atoms with van der Waals surface area (Å²) >= 11 is 0. The van der Waals surface area contributed by atoms with Gasteiger partial charge in [0.1, 0.15) is 17.5 Å². The van der Waals surface area contributed by atoms with Crippen LogP contribution in [0.15, 0.2) is 28.7 Å². The van der Waals surface area contributed by atoms with Gasteiger partial charge in [-0.3, -0.25) is 4.79 Å². The van der Waals surface area contributed by atoms with Gasteiger partial charge in [-0.15, -0.1) is 0 Å². The van der Waals surface area contributed by atoms with Crippen molar-refractivity contribution in [2.45, 2.75) is 78.6 Å². The standard InChI is InChI=1S/C25H36N2O4/c1-16(2)23(25(28)29)26-12-11-19-8-6-10-21(14-19)30-15-22-18(4)31-24(27-22)20-9-5-7-17(3)13-20/h5,7,9,13,16,19,21,23,26H,6,8,10-12,14-15H2,1-4H3,(H,28,29). The summed E-state index contributed by atoms with van der Waals surface area (Å²) < 4.78 is 12.1. The van der Waals surface area contributed by atoms with Gasteiger partial charge < -0.3 is 19.6 Å². The lowest BCUT2D eigenvalue weighted by molar-refractivity contribution is -0.140. The number of nitrogens with one attached hydrogen (secondary N) is 1. The van der Waals surface area contributed by atoms with Crippen molar-refractivity contribution >= 4 is 5.97 Å². The molecule has 1 aliphatic carbocycles. The van der Waals surface area contributed by atoms with E-state index in [1.165, 1.54) is 12.0 Å². The number of hydrogen-bond acceptors (Lipinski definition) is 5. The molecule has 1 fully saturated rings. The maximum atomic E-state index is 11.3. The molecule has 3 unspecified atom stereocenters. The number of carboxylic acid groups (broad SMARTS) is 1. The van der Waals surface area contributed by atoms with Crippen LogP contribution in [0.5, 0.6) is 0 Å². The Morgan fingerprint density at radius 3 is 2.84 bits per heavy atom. The highest BCUT2D eigenvalue weighted by Gasteiger charge is 2.25.